The maximum absolute atomic E-state index is 13.4. The van der Waals surface area contributed by atoms with E-state index < -0.39 is 0 Å². The summed E-state index contributed by atoms with van der Waals surface area (Å²) in [5.74, 6) is 1.39. The van der Waals surface area contributed by atoms with Crippen molar-refractivity contribution in [2.45, 2.75) is 38.8 Å². The minimum Gasteiger partial charge on any atom is -0.481 e. The molecule has 1 N–H and O–H groups in total. The monoisotopic (exact) mass is 450 g/mol. The van der Waals surface area contributed by atoms with Crippen LogP contribution in [0.2, 0.25) is 0 Å². The number of benzene rings is 1. The zero-order chi connectivity index (χ0) is 23.5. The number of aromatic nitrogens is 3. The Labute approximate surface area is 193 Å². The van der Waals surface area contributed by atoms with Crippen LogP contribution in [0.15, 0.2) is 41.2 Å². The zero-order valence-electron chi connectivity index (χ0n) is 19.7. The molecule has 0 saturated heterocycles. The van der Waals surface area contributed by atoms with E-state index in [2.05, 4.69) is 22.4 Å². The Balaban J connectivity index is 1.79. The lowest BCUT2D eigenvalue weighted by Gasteiger charge is -2.25. The molecule has 1 aliphatic carbocycles. The van der Waals surface area contributed by atoms with Crippen LogP contribution in [0.4, 0.5) is 5.82 Å². The molecule has 0 saturated carbocycles. The number of methoxy groups -OCH3 is 2. The van der Waals surface area contributed by atoms with E-state index in [1.807, 2.05) is 26.0 Å². The molecule has 1 aromatic carbocycles. The van der Waals surface area contributed by atoms with Gasteiger partial charge in [-0.05, 0) is 30.5 Å². The van der Waals surface area contributed by atoms with Crippen molar-refractivity contribution in [3.05, 3.63) is 63.6 Å². The number of fused-ring (bicyclic) bond motifs is 1. The van der Waals surface area contributed by atoms with Gasteiger partial charge in [-0.2, -0.15) is 4.98 Å². The third-order valence-electron chi connectivity index (χ3n) is 6.05. The summed E-state index contributed by atoms with van der Waals surface area (Å²) in [4.78, 5) is 22.5. The molecule has 8 nitrogen and oxygen atoms in total. The number of pyridine rings is 1. The second-order valence-corrected chi connectivity index (χ2v) is 7.90. The molecule has 0 amide bonds. The highest BCUT2D eigenvalue weighted by Crippen LogP contribution is 2.37. The quantitative estimate of drug-likeness (QED) is 0.562. The molecule has 0 bridgehead atoms. The standard InChI is InChI=1S/C25H30N4O4/c1-6-18-23(28-21-16-11-9-8-10-15(16)14-19(21)33-7-2)29(3)25(30)22(26-18)17-12-13-20(31-4)27-24(17)32-5/h8-13,19,21,28H,6-7,14H2,1-5H3/t19-,21?/m0/s1. The molecule has 1 aliphatic rings. The van der Waals surface area contributed by atoms with Crippen molar-refractivity contribution in [1.82, 2.24) is 14.5 Å². The molecule has 4 rings (SSSR count). The topological polar surface area (TPSA) is 87.5 Å². The smallest absolute Gasteiger partial charge is 0.278 e. The molecular weight excluding hydrogens is 420 g/mol. The Morgan fingerprint density at radius 1 is 1.09 bits per heavy atom. The first-order chi connectivity index (χ1) is 16.0. The second kappa shape index (κ2) is 9.62. The second-order valence-electron chi connectivity index (χ2n) is 7.90. The Morgan fingerprint density at radius 2 is 1.88 bits per heavy atom. The van der Waals surface area contributed by atoms with Gasteiger partial charge in [0.25, 0.3) is 5.56 Å². The van der Waals surface area contributed by atoms with Gasteiger partial charge in [-0.1, -0.05) is 31.2 Å². The average molecular weight is 451 g/mol. The fraction of sp³-hybridized carbons (Fsp3) is 0.400. The van der Waals surface area contributed by atoms with E-state index in [1.165, 1.54) is 25.3 Å². The normalized spacial score (nSPS) is 17.0. The number of aryl methyl sites for hydroxylation is 1. The molecule has 33 heavy (non-hydrogen) atoms. The molecule has 3 aromatic rings. The minimum atomic E-state index is -0.237. The van der Waals surface area contributed by atoms with Crippen LogP contribution >= 0.6 is 0 Å². The molecule has 0 aliphatic heterocycles. The van der Waals surface area contributed by atoms with Crippen molar-refractivity contribution in [3.63, 3.8) is 0 Å². The van der Waals surface area contributed by atoms with E-state index >= 15 is 0 Å². The predicted octanol–water partition coefficient (Wildman–Crippen LogP) is 3.54. The van der Waals surface area contributed by atoms with Crippen LogP contribution in [-0.4, -0.2) is 41.5 Å². The molecule has 0 radical (unpaired) electrons. The first-order valence-electron chi connectivity index (χ1n) is 11.2. The average Bonchev–Trinajstić information content (AvgIpc) is 3.19. The van der Waals surface area contributed by atoms with E-state index in [0.29, 0.717) is 41.9 Å². The summed E-state index contributed by atoms with van der Waals surface area (Å²) < 4.78 is 18.3. The van der Waals surface area contributed by atoms with Gasteiger partial charge in [-0.15, -0.1) is 0 Å². The van der Waals surface area contributed by atoms with Gasteiger partial charge >= 0.3 is 0 Å². The molecule has 0 fully saturated rings. The maximum Gasteiger partial charge on any atom is 0.278 e. The SMILES string of the molecule is CCO[C@H]1Cc2ccccc2C1Nc1c(CC)nc(-c2ccc(OC)nc2OC)c(=O)n1C. The van der Waals surface area contributed by atoms with Crippen molar-refractivity contribution in [2.24, 2.45) is 7.05 Å². The molecular formula is C25H30N4O4. The van der Waals surface area contributed by atoms with Gasteiger partial charge < -0.3 is 19.5 Å². The van der Waals surface area contributed by atoms with Gasteiger partial charge in [0.1, 0.15) is 11.5 Å². The number of nitrogens with zero attached hydrogens (tertiary/aromatic N) is 3. The van der Waals surface area contributed by atoms with E-state index in [4.69, 9.17) is 19.2 Å². The predicted molar refractivity (Wildman–Crippen MR) is 127 cm³/mol. The van der Waals surface area contributed by atoms with Crippen molar-refractivity contribution >= 4 is 5.82 Å². The number of ether oxygens (including phenoxy) is 3. The highest BCUT2D eigenvalue weighted by atomic mass is 16.5. The molecule has 2 aromatic heterocycles. The molecule has 8 heteroatoms. The number of anilines is 1. The third-order valence-corrected chi connectivity index (χ3v) is 6.05. The number of nitrogens with one attached hydrogen (secondary N) is 1. The van der Waals surface area contributed by atoms with Gasteiger partial charge in [0.15, 0.2) is 0 Å². The fourth-order valence-electron chi connectivity index (χ4n) is 4.41. The number of hydrogen-bond donors (Lipinski definition) is 1. The van der Waals surface area contributed by atoms with Crippen LogP contribution in [-0.2, 0) is 24.6 Å². The fourth-order valence-corrected chi connectivity index (χ4v) is 4.41. The van der Waals surface area contributed by atoms with Gasteiger partial charge in [-0.25, -0.2) is 4.98 Å². The molecule has 174 valence electrons. The number of rotatable bonds is 8. The van der Waals surface area contributed by atoms with Crippen LogP contribution in [0.5, 0.6) is 11.8 Å². The summed E-state index contributed by atoms with van der Waals surface area (Å²) in [6.45, 7) is 4.64. The Morgan fingerprint density at radius 3 is 2.58 bits per heavy atom. The van der Waals surface area contributed by atoms with Crippen molar-refractivity contribution in [1.29, 1.82) is 0 Å². The maximum atomic E-state index is 13.4. The lowest BCUT2D eigenvalue weighted by atomic mass is 10.1. The minimum absolute atomic E-state index is 0.0160. The van der Waals surface area contributed by atoms with Gasteiger partial charge in [0.05, 0.1) is 37.6 Å². The van der Waals surface area contributed by atoms with Crippen molar-refractivity contribution in [2.75, 3.05) is 26.1 Å². The zero-order valence-corrected chi connectivity index (χ0v) is 19.7. The highest BCUT2D eigenvalue weighted by Gasteiger charge is 2.34. The van der Waals surface area contributed by atoms with Crippen molar-refractivity contribution < 1.29 is 14.2 Å². The van der Waals surface area contributed by atoms with Crippen LogP contribution in [0.3, 0.4) is 0 Å². The van der Waals surface area contributed by atoms with Crippen LogP contribution in [0.1, 0.15) is 36.7 Å². The summed E-state index contributed by atoms with van der Waals surface area (Å²) in [6, 6.07) is 11.7. The van der Waals surface area contributed by atoms with E-state index in [0.717, 1.165) is 12.1 Å². The molecule has 1 unspecified atom stereocenters. The van der Waals surface area contributed by atoms with Gasteiger partial charge in [0.2, 0.25) is 11.8 Å². The van der Waals surface area contributed by atoms with Crippen LogP contribution in [0.25, 0.3) is 11.3 Å². The third kappa shape index (κ3) is 4.18. The largest absolute Gasteiger partial charge is 0.481 e. The van der Waals surface area contributed by atoms with Crippen LogP contribution < -0.4 is 20.3 Å². The van der Waals surface area contributed by atoms with E-state index in [1.54, 1.807) is 23.7 Å². The first kappa shape index (κ1) is 22.8. The number of hydrogen-bond acceptors (Lipinski definition) is 7. The van der Waals surface area contributed by atoms with Gasteiger partial charge in [-0.3, -0.25) is 9.36 Å². The summed E-state index contributed by atoms with van der Waals surface area (Å²) in [7, 11) is 4.80. The Hall–Kier alpha value is -3.39. The molecule has 0 spiro atoms. The summed E-state index contributed by atoms with van der Waals surface area (Å²) in [5.41, 5.74) is 3.81. The Bertz CT molecular complexity index is 1210. The lowest BCUT2D eigenvalue weighted by Crippen LogP contribution is -2.31. The van der Waals surface area contributed by atoms with E-state index in [9.17, 15) is 4.79 Å². The lowest BCUT2D eigenvalue weighted by molar-refractivity contribution is 0.0572. The molecule has 2 heterocycles. The first-order valence-corrected chi connectivity index (χ1v) is 11.2. The summed E-state index contributed by atoms with van der Waals surface area (Å²) >= 11 is 0. The van der Waals surface area contributed by atoms with Crippen LogP contribution in [0, 0.1) is 0 Å². The summed E-state index contributed by atoms with van der Waals surface area (Å²) in [5, 5.41) is 3.59. The molecule has 2 atom stereocenters. The van der Waals surface area contributed by atoms with E-state index in [-0.39, 0.29) is 17.7 Å². The summed E-state index contributed by atoms with van der Waals surface area (Å²) in [6.07, 6.45) is 1.46. The highest BCUT2D eigenvalue weighted by molar-refractivity contribution is 5.66. The van der Waals surface area contributed by atoms with Crippen molar-refractivity contribution in [3.8, 4) is 23.0 Å². The van der Waals surface area contributed by atoms with Gasteiger partial charge in [0, 0.05) is 26.1 Å². The Kier molecular flexibility index (Phi) is 6.65.